The van der Waals surface area contributed by atoms with Gasteiger partial charge in [-0.2, -0.15) is 0 Å². The fourth-order valence-corrected chi connectivity index (χ4v) is 19.6. The number of aromatic nitrogens is 1. The molecule has 4 heterocycles. The van der Waals surface area contributed by atoms with Gasteiger partial charge in [0.1, 0.15) is 17.8 Å². The predicted octanol–water partition coefficient (Wildman–Crippen LogP) is 12.0. The first-order valence-electron chi connectivity index (χ1n) is 38.1. The summed E-state index contributed by atoms with van der Waals surface area (Å²) in [6.45, 7) is 21.7. The maximum absolute atomic E-state index is 14.3. The first kappa shape index (κ1) is 83.6. The van der Waals surface area contributed by atoms with E-state index in [9.17, 15) is 45.9 Å². The summed E-state index contributed by atoms with van der Waals surface area (Å²) in [7, 11) is -5.96. The summed E-state index contributed by atoms with van der Waals surface area (Å²) in [5.41, 5.74) is 9.73. The van der Waals surface area contributed by atoms with Gasteiger partial charge in [0.05, 0.1) is 51.2 Å². The lowest BCUT2D eigenvalue weighted by molar-refractivity contribution is -0.144. The SMILES string of the molecule is Cc1ncsc1-c1ccc([C@H](C)NC(=O)[C@@H]2C[C@@H](O)CN2C(=O)[C@@H](NC(=O)CCCCCCC(=O)NCCN(C)CC2(C)CCC(c3ccc(Cl)cc3)=C(CN3CCN(c4ccc(C(=O)CS(=O)(=O)c5ccc(C[C@H](CCN6CCOCC6)CSc6ccccc6)c(S(C)(=O)=O)c5)cc4)CC3)C2)C(C)(C)C)cc1. The number of hydrogen-bond donors (Lipinski definition) is 4. The minimum atomic E-state index is -4.23. The van der Waals surface area contributed by atoms with Gasteiger partial charge in [-0.1, -0.05) is 118 Å². The van der Waals surface area contributed by atoms with Crippen LogP contribution in [0, 0.1) is 23.7 Å². The molecular formula is C83H110ClN9O11S4. The molecule has 3 saturated heterocycles. The summed E-state index contributed by atoms with van der Waals surface area (Å²) in [6, 6.07) is 35.4. The Kier molecular flexibility index (Phi) is 29.7. The Labute approximate surface area is 653 Å². The number of benzene rings is 5. The van der Waals surface area contributed by atoms with Crippen molar-refractivity contribution in [3.63, 3.8) is 0 Å². The zero-order valence-corrected chi connectivity index (χ0v) is 68.1. The van der Waals surface area contributed by atoms with Crippen LogP contribution in [0.15, 0.2) is 147 Å². The van der Waals surface area contributed by atoms with Gasteiger partial charge >= 0.3 is 0 Å². The second-order valence-corrected chi connectivity index (χ2v) is 37.8. The Morgan fingerprint density at radius 3 is 2.16 bits per heavy atom. The average Bonchev–Trinajstić information content (AvgIpc) is 1.25. The van der Waals surface area contributed by atoms with E-state index < -0.39 is 60.7 Å². The molecule has 6 atom stereocenters. The third-order valence-corrected chi connectivity index (χ3v) is 26.7. The molecule has 4 N–H and O–H groups in total. The number of likely N-dealkylation sites (N-methyl/N-ethyl adjacent to an activating group) is 1. The maximum atomic E-state index is 14.3. The highest BCUT2D eigenvalue weighted by Crippen LogP contribution is 2.44. The van der Waals surface area contributed by atoms with Gasteiger partial charge in [0, 0.05) is 124 Å². The minimum Gasteiger partial charge on any atom is -0.391 e. The summed E-state index contributed by atoms with van der Waals surface area (Å²) < 4.78 is 60.4. The molecule has 0 radical (unpaired) electrons. The number of morpholine rings is 1. The number of thiazole rings is 1. The van der Waals surface area contributed by atoms with Crippen molar-refractivity contribution in [1.29, 1.82) is 0 Å². The van der Waals surface area contributed by atoms with Gasteiger partial charge in [0.15, 0.2) is 25.5 Å². The molecule has 25 heteroatoms. The number of carbonyl (C=O) groups excluding carboxylic acids is 5. The number of piperazine rings is 1. The van der Waals surface area contributed by atoms with E-state index in [0.717, 1.165) is 142 Å². The number of amides is 4. The molecule has 20 nitrogen and oxygen atoms in total. The smallest absolute Gasteiger partial charge is 0.246 e. The molecule has 5 aromatic carbocycles. The largest absolute Gasteiger partial charge is 0.391 e. The Morgan fingerprint density at radius 2 is 1.50 bits per heavy atom. The third-order valence-electron chi connectivity index (χ3n) is 21.5. The monoisotopic (exact) mass is 1570 g/mol. The Balaban J connectivity index is 0.643. The number of nitrogens with one attached hydrogen (secondary N) is 3. The second kappa shape index (κ2) is 38.4. The zero-order chi connectivity index (χ0) is 77.3. The van der Waals surface area contributed by atoms with E-state index in [0.29, 0.717) is 62.6 Å². The van der Waals surface area contributed by atoms with Crippen LogP contribution in [0.1, 0.15) is 144 Å². The highest BCUT2D eigenvalue weighted by molar-refractivity contribution is 7.99. The molecule has 584 valence electrons. The lowest BCUT2D eigenvalue weighted by Gasteiger charge is -2.42. The van der Waals surface area contributed by atoms with Gasteiger partial charge in [-0.25, -0.2) is 21.8 Å². The predicted molar refractivity (Wildman–Crippen MR) is 432 cm³/mol. The number of Topliss-reactive ketones (excluding diaryl/α,β-unsaturated/α-hetero) is 1. The summed E-state index contributed by atoms with van der Waals surface area (Å²) in [6.07, 6.45) is 7.79. The van der Waals surface area contributed by atoms with E-state index in [1.165, 1.54) is 33.7 Å². The molecule has 108 heavy (non-hydrogen) atoms. The molecule has 4 amide bonds. The summed E-state index contributed by atoms with van der Waals surface area (Å²) in [4.78, 5) is 85.6. The van der Waals surface area contributed by atoms with Crippen LogP contribution in [-0.2, 0) is 50.0 Å². The number of halogens is 1. The molecule has 3 fully saturated rings. The standard InChI is InChI=1S/C83H110ClN9O11S4/c1-58(61-20-22-64(23-21-61)78-59(2)86-57-106-78)87-80(98)73-49-69(94)53-93(73)81(99)79(82(3,4)5)88-77(97)19-15-10-9-14-18-76(96)85-37-39-89(7)56-83(6)36-34-72(62-24-29-67(84)30-25-62)66(51-83)52-91-40-42-92(43-41-91)68-31-26-63(27-32-68)74(95)55-108(102,103)71-33-28-65(75(50-71)107(8,100)101)48-60(35-38-90-44-46-104-47-45-90)54-105-70-16-12-11-13-17-70/h11-13,16-17,20-33,50,57-58,60,69,73,79,94H,9-10,14-15,18-19,34-49,51-56H2,1-8H3,(H,85,96)(H,87,98)(H,88,97)/t58-,60-,69+,73-,79+,83?/m0/s1. The number of anilines is 1. The topological polar surface area (TPSA) is 248 Å². The van der Waals surface area contributed by atoms with Crippen LogP contribution in [-0.4, -0.2) is 211 Å². The van der Waals surface area contributed by atoms with Crippen LogP contribution >= 0.6 is 34.7 Å². The number of hydrogen-bond acceptors (Lipinski definition) is 18. The number of aliphatic hydroxyl groups excluding tert-OH is 1. The van der Waals surface area contributed by atoms with Crippen LogP contribution in [0.2, 0.25) is 5.02 Å². The number of nitrogens with zero attached hydrogens (tertiary/aromatic N) is 6. The second-order valence-electron chi connectivity index (χ2n) is 31.4. The number of carbonyl (C=O) groups is 5. The van der Waals surface area contributed by atoms with Crippen LogP contribution in [0.4, 0.5) is 5.69 Å². The summed E-state index contributed by atoms with van der Waals surface area (Å²) in [5.74, 6) is -1.56. The average molecular weight is 1570 g/mol. The number of aryl methyl sites for hydroxylation is 1. The number of ether oxygens (including phenoxy) is 1. The molecule has 6 aromatic rings. The quantitative estimate of drug-likeness (QED) is 0.0164. The molecule has 0 spiro atoms. The van der Waals surface area contributed by atoms with Crippen molar-refractivity contribution >= 4 is 95.0 Å². The number of likely N-dealkylation sites (tertiary alicyclic amines) is 1. The Hall–Kier alpha value is -6.84. The summed E-state index contributed by atoms with van der Waals surface area (Å²) >= 11 is 9.70. The number of ketones is 1. The lowest BCUT2D eigenvalue weighted by Crippen LogP contribution is -2.57. The van der Waals surface area contributed by atoms with Gasteiger partial charge in [-0.3, -0.25) is 33.8 Å². The van der Waals surface area contributed by atoms with Gasteiger partial charge in [0.25, 0.3) is 0 Å². The molecule has 4 aliphatic rings. The van der Waals surface area contributed by atoms with E-state index >= 15 is 0 Å². The Bertz CT molecular complexity index is 4300. The Morgan fingerprint density at radius 1 is 0.824 bits per heavy atom. The molecule has 10 rings (SSSR count). The number of rotatable bonds is 35. The molecule has 1 aliphatic carbocycles. The van der Waals surface area contributed by atoms with Gasteiger partial charge in [0.2, 0.25) is 23.6 Å². The third kappa shape index (κ3) is 23.8. The minimum absolute atomic E-state index is 0.00778. The number of β-amino-alcohol motifs (C(OH)–C–C–N with tert-alkyl or cyclic N) is 1. The molecular weight excluding hydrogens is 1460 g/mol. The number of sulfone groups is 2. The molecule has 0 bridgehead atoms. The van der Waals surface area contributed by atoms with Crippen LogP contribution in [0.25, 0.3) is 16.0 Å². The van der Waals surface area contributed by atoms with Crippen molar-refractivity contribution in [2.45, 2.75) is 158 Å². The van der Waals surface area contributed by atoms with Gasteiger partial charge in [-0.15, -0.1) is 23.1 Å². The number of thioether (sulfide) groups is 1. The maximum Gasteiger partial charge on any atom is 0.246 e. The van der Waals surface area contributed by atoms with Crippen molar-refractivity contribution in [3.8, 4) is 10.4 Å². The van der Waals surface area contributed by atoms with E-state index in [-0.39, 0.29) is 69.8 Å². The van der Waals surface area contributed by atoms with E-state index in [4.69, 9.17) is 16.3 Å². The van der Waals surface area contributed by atoms with Crippen molar-refractivity contribution < 1.29 is 50.7 Å². The van der Waals surface area contributed by atoms with Crippen molar-refractivity contribution in [3.05, 3.63) is 165 Å². The highest BCUT2D eigenvalue weighted by atomic mass is 35.5. The normalized spacial score (nSPS) is 19.3. The van der Waals surface area contributed by atoms with E-state index in [2.05, 4.69) is 78.8 Å². The molecule has 1 unspecified atom stereocenters. The van der Waals surface area contributed by atoms with Gasteiger partial charge < -0.3 is 40.5 Å². The van der Waals surface area contributed by atoms with Gasteiger partial charge in [-0.05, 0) is 178 Å². The van der Waals surface area contributed by atoms with E-state index in [1.807, 2.05) is 107 Å². The number of aliphatic hydroxyl groups is 1. The molecule has 0 saturated carbocycles. The molecule has 3 aliphatic heterocycles. The van der Waals surface area contributed by atoms with Crippen LogP contribution < -0.4 is 20.9 Å². The molecule has 1 aromatic heterocycles. The van der Waals surface area contributed by atoms with Crippen molar-refractivity contribution in [1.82, 2.24) is 40.5 Å². The zero-order valence-electron chi connectivity index (χ0n) is 64.0. The summed E-state index contributed by atoms with van der Waals surface area (Å²) in [5, 5.41) is 20.6. The van der Waals surface area contributed by atoms with Crippen molar-refractivity contribution in [2.24, 2.45) is 16.7 Å². The fraction of sp³-hybridized carbons (Fsp3) is 0.518. The first-order chi connectivity index (χ1) is 51.5. The van der Waals surface area contributed by atoms with E-state index in [1.54, 1.807) is 41.3 Å². The highest BCUT2D eigenvalue weighted by Gasteiger charge is 2.45. The van der Waals surface area contributed by atoms with Crippen molar-refractivity contribution in [2.75, 3.05) is 121 Å². The number of unbranched alkanes of at least 4 members (excludes halogenated alkanes) is 3. The first-order valence-corrected chi connectivity index (χ1v) is 43.9. The lowest BCUT2D eigenvalue weighted by atomic mass is 9.71. The van der Waals surface area contributed by atoms with Crippen LogP contribution in [0.5, 0.6) is 0 Å². The fourth-order valence-electron chi connectivity index (χ4n) is 15.3. The number of allylic oxidation sites excluding steroid dienone is 1. The van der Waals surface area contributed by atoms with Crippen LogP contribution in [0.3, 0.4) is 0 Å².